The molecule has 0 saturated carbocycles. The standard InChI is InChI=1S/C3H5O/c1-2-3-4/h2H2,1H3/i2D. The van der Waals surface area contributed by atoms with Gasteiger partial charge in [-0.3, -0.25) is 4.79 Å². The number of carbonyl (C=O) groups excluding carboxylic acids is 1. The van der Waals surface area contributed by atoms with Crippen LogP contribution in [-0.2, 0) is 4.79 Å². The molecular weight excluding hydrogens is 52.0 g/mol. The molecule has 1 atom stereocenters. The Morgan fingerprint density at radius 1 is 2.50 bits per heavy atom. The summed E-state index contributed by atoms with van der Waals surface area (Å²) in [6.07, 6.45) is 0.773. The summed E-state index contributed by atoms with van der Waals surface area (Å²) in [5.74, 6) is 0. The third kappa shape index (κ3) is 1.67. The largest absolute Gasteiger partial charge is 0.291 e. The van der Waals surface area contributed by atoms with E-state index in [4.69, 9.17) is 1.37 Å². The maximum Gasteiger partial charge on any atom is 0.198 e. The first-order valence-electron chi connectivity index (χ1n) is 1.65. The third-order valence-electron chi connectivity index (χ3n) is 0.118. The minimum Gasteiger partial charge on any atom is -0.291 e. The fourth-order valence-corrected chi connectivity index (χ4v) is 0. The zero-order valence-electron chi connectivity index (χ0n) is 3.49. The molecule has 0 aromatic carbocycles. The predicted molar refractivity (Wildman–Crippen MR) is 16.0 cm³/mol. The van der Waals surface area contributed by atoms with E-state index in [9.17, 15) is 4.79 Å². The second-order valence-corrected chi connectivity index (χ2v) is 0.407. The molecule has 0 spiro atoms. The Morgan fingerprint density at radius 3 is 2.75 bits per heavy atom. The zero-order chi connectivity index (χ0) is 4.28. The maximum absolute atomic E-state index is 9.19. The van der Waals surface area contributed by atoms with E-state index >= 15 is 0 Å². The van der Waals surface area contributed by atoms with Crippen molar-refractivity contribution in [3.05, 3.63) is 0 Å². The first kappa shape index (κ1) is 1.94. The normalized spacial score (nSPS) is 17.8. The lowest BCUT2D eigenvalue weighted by Crippen LogP contribution is -1.54. The molecule has 4 heavy (non-hydrogen) atoms. The summed E-state index contributed by atoms with van der Waals surface area (Å²) in [6, 6.07) is 0. The molecule has 1 unspecified atom stereocenters. The topological polar surface area (TPSA) is 17.1 Å². The second kappa shape index (κ2) is 2.67. The highest BCUT2D eigenvalue weighted by atomic mass is 16.1. The van der Waals surface area contributed by atoms with E-state index in [0.717, 1.165) is 0 Å². The molecule has 0 aliphatic rings. The highest BCUT2D eigenvalue weighted by Gasteiger charge is 1.55. The SMILES string of the molecule is [2H]C(C)[C]=O. The van der Waals surface area contributed by atoms with E-state index in [1.54, 1.807) is 0 Å². The van der Waals surface area contributed by atoms with Crippen LogP contribution in [0.4, 0.5) is 0 Å². The van der Waals surface area contributed by atoms with Crippen molar-refractivity contribution in [2.24, 2.45) is 0 Å². The van der Waals surface area contributed by atoms with Crippen molar-refractivity contribution in [1.29, 1.82) is 0 Å². The van der Waals surface area contributed by atoms with Gasteiger partial charge in [-0.1, -0.05) is 6.92 Å². The average molecular weight is 58.1 g/mol. The van der Waals surface area contributed by atoms with E-state index in [1.165, 1.54) is 13.2 Å². The molecule has 0 amide bonds. The van der Waals surface area contributed by atoms with Crippen LogP contribution in [0.1, 0.15) is 14.7 Å². The summed E-state index contributed by atoms with van der Waals surface area (Å²) in [5.41, 5.74) is 0. The highest BCUT2D eigenvalue weighted by Crippen LogP contribution is 1.53. The average Bonchev–Trinajstić information content (AvgIpc) is 1.38. The van der Waals surface area contributed by atoms with Gasteiger partial charge in [0.05, 0.1) is 0 Å². The Bertz CT molecular complexity index is 33.9. The van der Waals surface area contributed by atoms with Gasteiger partial charge in [0.1, 0.15) is 0 Å². The molecule has 0 N–H and O–H groups in total. The minimum atomic E-state index is -0.671. The summed E-state index contributed by atoms with van der Waals surface area (Å²) in [6.45, 7) is 1.47. The van der Waals surface area contributed by atoms with E-state index in [1.807, 2.05) is 0 Å². The molecular formula is C3H5O. The van der Waals surface area contributed by atoms with Crippen molar-refractivity contribution in [1.82, 2.24) is 0 Å². The molecule has 0 aromatic heterocycles. The number of rotatable bonds is 1. The highest BCUT2D eigenvalue weighted by molar-refractivity contribution is 5.49. The number of hydrogen-bond donors (Lipinski definition) is 0. The van der Waals surface area contributed by atoms with Crippen molar-refractivity contribution in [2.45, 2.75) is 13.3 Å². The molecule has 0 heterocycles. The monoisotopic (exact) mass is 58.0 g/mol. The van der Waals surface area contributed by atoms with Gasteiger partial charge < -0.3 is 0 Å². The Hall–Kier alpha value is -0.330. The molecule has 23 valence electrons. The van der Waals surface area contributed by atoms with Gasteiger partial charge in [0, 0.05) is 7.77 Å². The maximum atomic E-state index is 9.19. The van der Waals surface area contributed by atoms with Gasteiger partial charge in [0.15, 0.2) is 6.29 Å². The molecule has 0 saturated heterocycles. The fraction of sp³-hybridized carbons (Fsp3) is 0.667. The lowest BCUT2D eigenvalue weighted by atomic mass is 10.6. The van der Waals surface area contributed by atoms with Crippen molar-refractivity contribution in [3.8, 4) is 0 Å². The van der Waals surface area contributed by atoms with E-state index in [-0.39, 0.29) is 0 Å². The van der Waals surface area contributed by atoms with Crippen molar-refractivity contribution in [3.63, 3.8) is 0 Å². The van der Waals surface area contributed by atoms with Gasteiger partial charge in [-0.05, 0) is 0 Å². The summed E-state index contributed by atoms with van der Waals surface area (Å²) >= 11 is 0. The molecule has 1 nitrogen and oxygen atoms in total. The van der Waals surface area contributed by atoms with Crippen molar-refractivity contribution < 1.29 is 6.17 Å². The zero-order valence-corrected chi connectivity index (χ0v) is 2.49. The van der Waals surface area contributed by atoms with Gasteiger partial charge in [-0.2, -0.15) is 0 Å². The van der Waals surface area contributed by atoms with Crippen LogP contribution in [0.15, 0.2) is 0 Å². The van der Waals surface area contributed by atoms with Crippen LogP contribution in [0, 0.1) is 0 Å². The molecule has 1 radical (unpaired) electrons. The summed E-state index contributed by atoms with van der Waals surface area (Å²) in [5, 5.41) is 0. The molecule has 0 fully saturated rings. The van der Waals surface area contributed by atoms with Gasteiger partial charge in [0.2, 0.25) is 0 Å². The smallest absolute Gasteiger partial charge is 0.198 e. The molecule has 0 aromatic rings. The summed E-state index contributed by atoms with van der Waals surface area (Å²) in [4.78, 5) is 9.19. The third-order valence-corrected chi connectivity index (χ3v) is 0.118. The Balaban J connectivity index is 2.83. The lowest BCUT2D eigenvalue weighted by molar-refractivity contribution is 0.554. The molecule has 0 bridgehead atoms. The molecule has 0 aliphatic carbocycles. The van der Waals surface area contributed by atoms with Crippen LogP contribution >= 0.6 is 0 Å². The fourth-order valence-electron chi connectivity index (χ4n) is 0. The van der Waals surface area contributed by atoms with Crippen LogP contribution in [-0.4, -0.2) is 6.29 Å². The van der Waals surface area contributed by atoms with Gasteiger partial charge in [-0.15, -0.1) is 0 Å². The minimum absolute atomic E-state index is 0.671. The van der Waals surface area contributed by atoms with Crippen LogP contribution in [0.2, 0.25) is 0 Å². The predicted octanol–water partition coefficient (Wildman–Crippen LogP) is 0.506. The molecule has 1 heteroatoms. The van der Waals surface area contributed by atoms with E-state index < -0.39 is 6.40 Å². The Labute approximate surface area is 27.0 Å². The summed E-state index contributed by atoms with van der Waals surface area (Å²) < 4.78 is 6.40. The van der Waals surface area contributed by atoms with Gasteiger partial charge in [0.25, 0.3) is 0 Å². The summed E-state index contributed by atoms with van der Waals surface area (Å²) in [7, 11) is 0. The Morgan fingerprint density at radius 2 is 2.75 bits per heavy atom. The van der Waals surface area contributed by atoms with Crippen LogP contribution < -0.4 is 0 Å². The van der Waals surface area contributed by atoms with Crippen molar-refractivity contribution >= 4 is 6.29 Å². The van der Waals surface area contributed by atoms with E-state index in [2.05, 4.69) is 0 Å². The van der Waals surface area contributed by atoms with Crippen LogP contribution in [0.25, 0.3) is 0 Å². The second-order valence-electron chi connectivity index (χ2n) is 0.407. The quantitative estimate of drug-likeness (QED) is 0.429. The lowest BCUT2D eigenvalue weighted by Gasteiger charge is -1.48. The van der Waals surface area contributed by atoms with Gasteiger partial charge >= 0.3 is 0 Å². The first-order valence-corrected chi connectivity index (χ1v) is 1.07. The van der Waals surface area contributed by atoms with Gasteiger partial charge in [-0.25, -0.2) is 0 Å². The van der Waals surface area contributed by atoms with Crippen molar-refractivity contribution in [2.75, 3.05) is 0 Å². The van der Waals surface area contributed by atoms with Crippen LogP contribution in [0.3, 0.4) is 0 Å². The van der Waals surface area contributed by atoms with Crippen LogP contribution in [0.5, 0.6) is 0 Å². The first-order chi connectivity index (χ1) is 2.27. The molecule has 0 rings (SSSR count). The Kier molecular flexibility index (Phi) is 1.30. The van der Waals surface area contributed by atoms with E-state index in [0.29, 0.717) is 0 Å². The number of hydrogen-bond acceptors (Lipinski definition) is 1. The molecule has 0 aliphatic heterocycles.